The van der Waals surface area contributed by atoms with E-state index in [1.807, 2.05) is 22.9 Å². The topological polar surface area (TPSA) is 29.9 Å². The van der Waals surface area contributed by atoms with Gasteiger partial charge in [0.15, 0.2) is 0 Å². The van der Waals surface area contributed by atoms with Crippen molar-refractivity contribution in [1.82, 2.24) is 9.78 Å². The molecular formula is C19H18ClN3. The summed E-state index contributed by atoms with van der Waals surface area (Å²) in [5.74, 6) is 1.10. The molecule has 1 aromatic heterocycles. The molecule has 4 rings (SSSR count). The zero-order valence-corrected chi connectivity index (χ0v) is 13.8. The average molecular weight is 324 g/mol. The van der Waals surface area contributed by atoms with Gasteiger partial charge < -0.3 is 5.32 Å². The van der Waals surface area contributed by atoms with Crippen molar-refractivity contribution in [1.29, 1.82) is 0 Å². The van der Waals surface area contributed by atoms with Crippen LogP contribution in [0.4, 0.5) is 5.82 Å². The van der Waals surface area contributed by atoms with Crippen LogP contribution in [0.2, 0.25) is 5.02 Å². The maximum atomic E-state index is 6.15. The first-order chi connectivity index (χ1) is 11.3. The Labute approximate surface area is 140 Å². The van der Waals surface area contributed by atoms with Crippen LogP contribution < -0.4 is 5.32 Å². The van der Waals surface area contributed by atoms with E-state index in [0.717, 1.165) is 47.2 Å². The molecule has 0 spiro atoms. The fourth-order valence-corrected chi connectivity index (χ4v) is 3.29. The number of hydrogen-bond donors (Lipinski definition) is 1. The van der Waals surface area contributed by atoms with Crippen LogP contribution in [0.25, 0.3) is 16.9 Å². The minimum Gasteiger partial charge on any atom is -0.369 e. The number of benzene rings is 2. The maximum absolute atomic E-state index is 6.15. The number of halogens is 1. The largest absolute Gasteiger partial charge is 0.369 e. The number of aromatic nitrogens is 2. The van der Waals surface area contributed by atoms with Crippen molar-refractivity contribution < 1.29 is 0 Å². The van der Waals surface area contributed by atoms with Gasteiger partial charge in [0.25, 0.3) is 0 Å². The van der Waals surface area contributed by atoms with E-state index in [4.69, 9.17) is 16.7 Å². The van der Waals surface area contributed by atoms with E-state index in [9.17, 15) is 0 Å². The lowest BCUT2D eigenvalue weighted by molar-refractivity contribution is 0.881. The lowest BCUT2D eigenvalue weighted by Gasteiger charge is -2.07. The Morgan fingerprint density at radius 1 is 1.17 bits per heavy atom. The molecule has 0 saturated heterocycles. The number of hydrogen-bond acceptors (Lipinski definition) is 2. The Hall–Kier alpha value is -2.26. The zero-order valence-electron chi connectivity index (χ0n) is 13.0. The normalized spacial score (nSPS) is 13.0. The van der Waals surface area contributed by atoms with Gasteiger partial charge in [0.1, 0.15) is 5.82 Å². The number of fused-ring (bicyclic) bond motifs is 1. The maximum Gasteiger partial charge on any atom is 0.133 e. The summed E-state index contributed by atoms with van der Waals surface area (Å²) in [4.78, 5) is 0. The standard InChI is InChI=1S/C19H18ClN3/c1-2-13-6-8-16(9-7-13)23-19-17(10-11-21-19)18(22-23)14-4-3-5-15(20)12-14/h3-9,12,21H,2,10-11H2,1H3. The molecule has 0 aliphatic carbocycles. The molecule has 0 radical (unpaired) electrons. The van der Waals surface area contributed by atoms with E-state index in [1.54, 1.807) is 0 Å². The van der Waals surface area contributed by atoms with Gasteiger partial charge in [-0.1, -0.05) is 42.8 Å². The number of nitrogens with one attached hydrogen (secondary N) is 1. The van der Waals surface area contributed by atoms with Gasteiger partial charge >= 0.3 is 0 Å². The zero-order chi connectivity index (χ0) is 15.8. The highest BCUT2D eigenvalue weighted by atomic mass is 35.5. The van der Waals surface area contributed by atoms with E-state index in [2.05, 4.69) is 42.6 Å². The second kappa shape index (κ2) is 5.74. The predicted octanol–water partition coefficient (Wildman–Crippen LogP) is 4.72. The summed E-state index contributed by atoms with van der Waals surface area (Å²) in [5, 5.41) is 9.07. The molecule has 0 unspecified atom stereocenters. The van der Waals surface area contributed by atoms with Gasteiger partial charge in [0, 0.05) is 22.7 Å². The van der Waals surface area contributed by atoms with Crippen molar-refractivity contribution in [2.24, 2.45) is 0 Å². The lowest BCUT2D eigenvalue weighted by atomic mass is 10.1. The summed E-state index contributed by atoms with van der Waals surface area (Å²) >= 11 is 6.15. The molecule has 0 bridgehead atoms. The van der Waals surface area contributed by atoms with Gasteiger partial charge in [-0.05, 0) is 42.7 Å². The third-order valence-corrected chi connectivity index (χ3v) is 4.57. The third-order valence-electron chi connectivity index (χ3n) is 4.34. The number of anilines is 1. The molecule has 0 saturated carbocycles. The summed E-state index contributed by atoms with van der Waals surface area (Å²) in [6, 6.07) is 16.5. The molecule has 2 heterocycles. The number of aryl methyl sites for hydroxylation is 1. The smallest absolute Gasteiger partial charge is 0.133 e. The van der Waals surface area contributed by atoms with Crippen LogP contribution in [0.1, 0.15) is 18.1 Å². The van der Waals surface area contributed by atoms with Crippen LogP contribution in [0, 0.1) is 0 Å². The van der Waals surface area contributed by atoms with Crippen LogP contribution in [-0.2, 0) is 12.8 Å². The van der Waals surface area contributed by atoms with Crippen LogP contribution in [0.3, 0.4) is 0 Å². The molecule has 0 atom stereocenters. The van der Waals surface area contributed by atoms with Crippen LogP contribution in [-0.4, -0.2) is 16.3 Å². The first kappa shape index (κ1) is 14.3. The Morgan fingerprint density at radius 2 is 2.00 bits per heavy atom. The molecule has 3 nitrogen and oxygen atoms in total. The van der Waals surface area contributed by atoms with E-state index < -0.39 is 0 Å². The molecule has 2 aromatic carbocycles. The summed E-state index contributed by atoms with van der Waals surface area (Å²) in [7, 11) is 0. The Balaban J connectivity index is 1.84. The summed E-state index contributed by atoms with van der Waals surface area (Å²) < 4.78 is 2.01. The fourth-order valence-electron chi connectivity index (χ4n) is 3.10. The van der Waals surface area contributed by atoms with Crippen molar-refractivity contribution in [3.63, 3.8) is 0 Å². The molecule has 0 fully saturated rings. The SMILES string of the molecule is CCc1ccc(-n2nc(-c3cccc(Cl)c3)c3c2NCC3)cc1. The van der Waals surface area contributed by atoms with Crippen LogP contribution in [0.15, 0.2) is 48.5 Å². The highest BCUT2D eigenvalue weighted by Crippen LogP contribution is 2.35. The molecule has 0 amide bonds. The lowest BCUT2D eigenvalue weighted by Crippen LogP contribution is -2.04. The van der Waals surface area contributed by atoms with Gasteiger partial charge in [-0.2, -0.15) is 5.10 Å². The monoisotopic (exact) mass is 323 g/mol. The molecular weight excluding hydrogens is 306 g/mol. The summed E-state index contributed by atoms with van der Waals surface area (Å²) in [6.45, 7) is 3.12. The number of rotatable bonds is 3. The van der Waals surface area contributed by atoms with Crippen molar-refractivity contribution >= 4 is 17.4 Å². The van der Waals surface area contributed by atoms with Crippen LogP contribution in [0.5, 0.6) is 0 Å². The molecule has 23 heavy (non-hydrogen) atoms. The van der Waals surface area contributed by atoms with E-state index in [0.29, 0.717) is 0 Å². The Morgan fingerprint density at radius 3 is 2.74 bits per heavy atom. The van der Waals surface area contributed by atoms with E-state index in [1.165, 1.54) is 11.1 Å². The number of nitrogens with zero attached hydrogens (tertiary/aromatic N) is 2. The minimum absolute atomic E-state index is 0.740. The van der Waals surface area contributed by atoms with Gasteiger partial charge in [-0.3, -0.25) is 0 Å². The molecule has 116 valence electrons. The Bertz CT molecular complexity index is 850. The van der Waals surface area contributed by atoms with Crippen LogP contribution >= 0.6 is 11.6 Å². The predicted molar refractivity (Wildman–Crippen MR) is 95.6 cm³/mol. The molecule has 1 aliphatic rings. The average Bonchev–Trinajstić information content (AvgIpc) is 3.17. The second-order valence-electron chi connectivity index (χ2n) is 5.79. The first-order valence-electron chi connectivity index (χ1n) is 7.97. The fraction of sp³-hybridized carbons (Fsp3) is 0.211. The van der Waals surface area contributed by atoms with E-state index >= 15 is 0 Å². The molecule has 1 aliphatic heterocycles. The van der Waals surface area contributed by atoms with Crippen molar-refractivity contribution in [2.75, 3.05) is 11.9 Å². The van der Waals surface area contributed by atoms with Crippen molar-refractivity contribution in [3.05, 3.63) is 64.7 Å². The van der Waals surface area contributed by atoms with Gasteiger partial charge in [-0.25, -0.2) is 4.68 Å². The Kier molecular flexibility index (Phi) is 3.58. The molecule has 4 heteroatoms. The van der Waals surface area contributed by atoms with Gasteiger partial charge in [-0.15, -0.1) is 0 Å². The summed E-state index contributed by atoms with van der Waals surface area (Å²) in [6.07, 6.45) is 2.04. The molecule has 3 aromatic rings. The van der Waals surface area contributed by atoms with Crippen molar-refractivity contribution in [2.45, 2.75) is 19.8 Å². The third kappa shape index (κ3) is 2.51. The quantitative estimate of drug-likeness (QED) is 0.755. The van der Waals surface area contributed by atoms with E-state index in [-0.39, 0.29) is 0 Å². The first-order valence-corrected chi connectivity index (χ1v) is 8.35. The highest BCUT2D eigenvalue weighted by molar-refractivity contribution is 6.30. The summed E-state index contributed by atoms with van der Waals surface area (Å²) in [5.41, 5.74) is 5.78. The van der Waals surface area contributed by atoms with Gasteiger partial charge in [0.05, 0.1) is 11.4 Å². The van der Waals surface area contributed by atoms with Crippen molar-refractivity contribution in [3.8, 4) is 16.9 Å². The van der Waals surface area contributed by atoms with Gasteiger partial charge in [0.2, 0.25) is 0 Å². The minimum atomic E-state index is 0.740. The molecule has 1 N–H and O–H groups in total. The second-order valence-corrected chi connectivity index (χ2v) is 6.23. The highest BCUT2D eigenvalue weighted by Gasteiger charge is 2.23.